The first kappa shape index (κ1) is 27.1. The Labute approximate surface area is 240 Å². The van der Waals surface area contributed by atoms with E-state index in [4.69, 9.17) is 17.0 Å². The number of hydrogen-bond acceptors (Lipinski definition) is 4. The predicted octanol–water partition coefficient (Wildman–Crippen LogP) is 6.63. The van der Waals surface area contributed by atoms with Gasteiger partial charge in [-0.05, 0) is 92.2 Å². The molecule has 0 unspecified atom stereocenters. The van der Waals surface area contributed by atoms with Crippen molar-refractivity contribution in [2.75, 3.05) is 11.4 Å². The molecule has 2 amide bonds. The van der Waals surface area contributed by atoms with Gasteiger partial charge in [0, 0.05) is 23.6 Å². The summed E-state index contributed by atoms with van der Waals surface area (Å²) in [5.74, 6) is -0.00387. The van der Waals surface area contributed by atoms with E-state index in [9.17, 15) is 9.59 Å². The topological polar surface area (TPSA) is 54.8 Å². The van der Waals surface area contributed by atoms with E-state index < -0.39 is 5.91 Å². The molecule has 1 fully saturated rings. The highest BCUT2D eigenvalue weighted by atomic mass is 32.1. The summed E-state index contributed by atoms with van der Waals surface area (Å²) in [6.07, 6.45) is 2.41. The molecule has 5 rings (SSSR count). The predicted molar refractivity (Wildman–Crippen MR) is 163 cm³/mol. The molecule has 1 aromatic heterocycles. The number of aryl methyl sites for hydroxylation is 1. The zero-order chi connectivity index (χ0) is 28.2. The molecule has 0 atom stereocenters. The van der Waals surface area contributed by atoms with Crippen molar-refractivity contribution in [2.45, 2.75) is 33.8 Å². The molecule has 1 saturated heterocycles. The summed E-state index contributed by atoms with van der Waals surface area (Å²) in [5, 5.41) is 0.209. The lowest BCUT2D eigenvalue weighted by molar-refractivity contribution is -0.127. The molecule has 7 heteroatoms. The van der Waals surface area contributed by atoms with Crippen molar-refractivity contribution in [2.24, 2.45) is 0 Å². The molecule has 202 valence electrons. The van der Waals surface area contributed by atoms with E-state index in [1.165, 1.54) is 9.80 Å². The number of carbonyl (C=O) groups excluding carboxylic acids is 2. The highest BCUT2D eigenvalue weighted by Crippen LogP contribution is 2.29. The minimum absolute atomic E-state index is 0.0933. The minimum atomic E-state index is -0.418. The lowest BCUT2D eigenvalue weighted by atomic mass is 10.1. The minimum Gasteiger partial charge on any atom is -0.489 e. The number of para-hydroxylation sites is 1. The summed E-state index contributed by atoms with van der Waals surface area (Å²) in [6, 6.07) is 29.2. The fourth-order valence-corrected chi connectivity index (χ4v) is 5.28. The molecule has 1 aliphatic rings. The van der Waals surface area contributed by atoms with Crippen LogP contribution in [-0.4, -0.2) is 32.9 Å². The highest BCUT2D eigenvalue weighted by molar-refractivity contribution is 7.80. The Balaban J connectivity index is 1.45. The standard InChI is InChI=1S/C33H31N3O3S/c1-4-19-34-31(37)30(32(38)36(33(34)40)27-13-9-6-10-14-27)21-26-20-23(2)35(24(26)3)28-15-17-29(18-16-28)39-22-25-11-7-5-8-12-25/h5-18,20-21H,4,19,22H2,1-3H3/b30-21+. The van der Waals surface area contributed by atoms with Gasteiger partial charge in [0.2, 0.25) is 0 Å². The molecule has 4 aromatic rings. The molecule has 0 bridgehead atoms. The number of thiocarbonyl (C=S) groups is 1. The van der Waals surface area contributed by atoms with E-state index in [1.807, 2.05) is 112 Å². The van der Waals surface area contributed by atoms with Crippen molar-refractivity contribution in [3.05, 3.63) is 119 Å². The zero-order valence-electron chi connectivity index (χ0n) is 22.8. The van der Waals surface area contributed by atoms with Gasteiger partial charge in [-0.1, -0.05) is 55.5 Å². The summed E-state index contributed by atoms with van der Waals surface area (Å²) >= 11 is 5.61. The van der Waals surface area contributed by atoms with Gasteiger partial charge in [-0.15, -0.1) is 0 Å². The Morgan fingerprint density at radius 3 is 2.12 bits per heavy atom. The first-order valence-electron chi connectivity index (χ1n) is 13.3. The third-order valence-corrected chi connectivity index (χ3v) is 7.31. The Morgan fingerprint density at radius 1 is 0.825 bits per heavy atom. The van der Waals surface area contributed by atoms with Crippen LogP contribution < -0.4 is 9.64 Å². The van der Waals surface area contributed by atoms with Crippen LogP contribution in [0.5, 0.6) is 5.75 Å². The zero-order valence-corrected chi connectivity index (χ0v) is 23.7. The molecular formula is C33H31N3O3S. The van der Waals surface area contributed by atoms with Crippen molar-refractivity contribution >= 4 is 40.9 Å². The van der Waals surface area contributed by atoms with E-state index >= 15 is 0 Å². The SMILES string of the molecule is CCCN1C(=O)/C(=C\c2cc(C)n(-c3ccc(OCc4ccccc4)cc3)c2C)C(=O)N(c2ccccc2)C1=S. The number of benzene rings is 3. The summed E-state index contributed by atoms with van der Waals surface area (Å²) < 4.78 is 8.05. The van der Waals surface area contributed by atoms with Crippen LogP contribution in [-0.2, 0) is 16.2 Å². The number of nitrogens with zero attached hydrogens (tertiary/aromatic N) is 3. The van der Waals surface area contributed by atoms with Crippen LogP contribution in [0, 0.1) is 13.8 Å². The van der Waals surface area contributed by atoms with Gasteiger partial charge >= 0.3 is 0 Å². The maximum absolute atomic E-state index is 13.7. The van der Waals surface area contributed by atoms with E-state index in [2.05, 4.69) is 4.57 Å². The smallest absolute Gasteiger partial charge is 0.270 e. The second-order valence-corrected chi connectivity index (χ2v) is 10.1. The maximum Gasteiger partial charge on any atom is 0.270 e. The van der Waals surface area contributed by atoms with Gasteiger partial charge in [0.15, 0.2) is 5.11 Å². The van der Waals surface area contributed by atoms with E-state index in [-0.39, 0.29) is 16.6 Å². The average Bonchev–Trinajstić information content (AvgIpc) is 3.26. The van der Waals surface area contributed by atoms with Crippen LogP contribution in [0.3, 0.4) is 0 Å². The molecule has 3 aromatic carbocycles. The molecule has 0 radical (unpaired) electrons. The van der Waals surface area contributed by atoms with E-state index in [0.29, 0.717) is 18.8 Å². The fourth-order valence-electron chi connectivity index (χ4n) is 4.92. The third kappa shape index (κ3) is 5.33. The number of rotatable bonds is 8. The summed E-state index contributed by atoms with van der Waals surface area (Å²) in [6.45, 7) is 6.91. The fraction of sp³-hybridized carbons (Fsp3) is 0.182. The normalized spacial score (nSPS) is 14.8. The molecule has 0 aliphatic carbocycles. The van der Waals surface area contributed by atoms with Gasteiger partial charge in [-0.25, -0.2) is 0 Å². The molecule has 2 heterocycles. The van der Waals surface area contributed by atoms with Gasteiger partial charge in [-0.2, -0.15) is 0 Å². The number of carbonyl (C=O) groups is 2. The quantitative estimate of drug-likeness (QED) is 0.141. The number of amides is 2. The molecular weight excluding hydrogens is 518 g/mol. The lowest BCUT2D eigenvalue weighted by Gasteiger charge is -2.36. The Hall–Kier alpha value is -4.49. The monoisotopic (exact) mass is 549 g/mol. The van der Waals surface area contributed by atoms with Crippen LogP contribution >= 0.6 is 12.2 Å². The van der Waals surface area contributed by atoms with Crippen molar-refractivity contribution in [1.82, 2.24) is 9.47 Å². The second kappa shape index (κ2) is 11.7. The molecule has 0 spiro atoms. The van der Waals surface area contributed by atoms with E-state index in [1.54, 1.807) is 6.08 Å². The largest absolute Gasteiger partial charge is 0.489 e. The van der Waals surface area contributed by atoms with Crippen molar-refractivity contribution < 1.29 is 14.3 Å². The highest BCUT2D eigenvalue weighted by Gasteiger charge is 2.40. The summed E-state index contributed by atoms with van der Waals surface area (Å²) in [7, 11) is 0. The maximum atomic E-state index is 13.7. The van der Waals surface area contributed by atoms with Crippen molar-refractivity contribution in [3.63, 3.8) is 0 Å². The Morgan fingerprint density at radius 2 is 1.48 bits per heavy atom. The molecule has 1 aliphatic heterocycles. The van der Waals surface area contributed by atoms with Crippen molar-refractivity contribution in [3.8, 4) is 11.4 Å². The van der Waals surface area contributed by atoms with Crippen LogP contribution in [0.25, 0.3) is 11.8 Å². The second-order valence-electron chi connectivity index (χ2n) is 9.70. The molecule has 6 nitrogen and oxygen atoms in total. The van der Waals surface area contributed by atoms with Crippen molar-refractivity contribution in [1.29, 1.82) is 0 Å². The first-order chi connectivity index (χ1) is 19.4. The van der Waals surface area contributed by atoms with Gasteiger partial charge in [0.05, 0.1) is 5.69 Å². The Bertz CT molecular complexity index is 1570. The Kier molecular flexibility index (Phi) is 7.94. The lowest BCUT2D eigenvalue weighted by Crippen LogP contribution is -2.56. The molecule has 0 saturated carbocycles. The number of hydrogen-bond donors (Lipinski definition) is 0. The van der Waals surface area contributed by atoms with Gasteiger partial charge in [-0.3, -0.25) is 19.4 Å². The van der Waals surface area contributed by atoms with E-state index in [0.717, 1.165) is 40.4 Å². The van der Waals surface area contributed by atoms with Gasteiger partial charge < -0.3 is 9.30 Å². The number of aromatic nitrogens is 1. The van der Waals surface area contributed by atoms with Crippen LogP contribution in [0.4, 0.5) is 5.69 Å². The van der Waals surface area contributed by atoms with Crippen LogP contribution in [0.1, 0.15) is 35.9 Å². The van der Waals surface area contributed by atoms with Crippen LogP contribution in [0.15, 0.2) is 96.6 Å². The molecule has 0 N–H and O–H groups in total. The number of anilines is 1. The summed E-state index contributed by atoms with van der Waals surface area (Å²) in [5.41, 5.74) is 5.51. The third-order valence-electron chi connectivity index (χ3n) is 6.91. The van der Waals surface area contributed by atoms with Crippen LogP contribution in [0.2, 0.25) is 0 Å². The number of ether oxygens (including phenoxy) is 1. The van der Waals surface area contributed by atoms with Gasteiger partial charge in [0.25, 0.3) is 11.8 Å². The first-order valence-corrected chi connectivity index (χ1v) is 13.7. The van der Waals surface area contributed by atoms with Gasteiger partial charge in [0.1, 0.15) is 17.9 Å². The molecule has 40 heavy (non-hydrogen) atoms. The average molecular weight is 550 g/mol. The summed E-state index contributed by atoms with van der Waals surface area (Å²) in [4.78, 5) is 30.1.